The first-order chi connectivity index (χ1) is 14.3. The summed E-state index contributed by atoms with van der Waals surface area (Å²) in [6.45, 7) is 5.83. The van der Waals surface area contributed by atoms with Crippen molar-refractivity contribution in [1.29, 1.82) is 0 Å². The second-order valence-corrected chi connectivity index (χ2v) is 8.43. The van der Waals surface area contributed by atoms with Gasteiger partial charge in [-0.25, -0.2) is 0 Å². The molecule has 0 saturated carbocycles. The Labute approximate surface area is 182 Å². The van der Waals surface area contributed by atoms with Gasteiger partial charge >= 0.3 is 0 Å². The van der Waals surface area contributed by atoms with Gasteiger partial charge in [-0.15, -0.1) is 0 Å². The number of hydrogen-bond acceptors (Lipinski definition) is 4. The van der Waals surface area contributed by atoms with E-state index in [-0.39, 0.29) is 23.5 Å². The molecule has 0 radical (unpaired) electrons. The molecule has 0 aromatic heterocycles. The lowest BCUT2D eigenvalue weighted by atomic mass is 9.95. The number of phenolic OH excluding ortho intramolecular Hbond substituents is 1. The summed E-state index contributed by atoms with van der Waals surface area (Å²) in [4.78, 5) is 27.1. The van der Waals surface area contributed by atoms with Crippen LogP contribution in [0.1, 0.15) is 38.2 Å². The van der Waals surface area contributed by atoms with Crippen LogP contribution in [0.2, 0.25) is 5.02 Å². The highest BCUT2D eigenvalue weighted by Gasteiger charge is 2.26. The fourth-order valence-electron chi connectivity index (χ4n) is 3.70. The average molecular weight is 430 g/mol. The minimum absolute atomic E-state index is 0.0106. The molecular weight excluding hydrogens is 402 g/mol. The first kappa shape index (κ1) is 22.1. The van der Waals surface area contributed by atoms with Crippen molar-refractivity contribution in [3.05, 3.63) is 53.1 Å². The summed E-state index contributed by atoms with van der Waals surface area (Å²) < 4.78 is 0. The van der Waals surface area contributed by atoms with E-state index in [0.717, 1.165) is 11.3 Å². The van der Waals surface area contributed by atoms with Gasteiger partial charge in [0.05, 0.1) is 12.2 Å². The predicted molar refractivity (Wildman–Crippen MR) is 120 cm³/mol. The number of nitrogens with zero attached hydrogens (tertiary/aromatic N) is 1. The smallest absolute Gasteiger partial charge is 0.238 e. The van der Waals surface area contributed by atoms with E-state index in [1.54, 1.807) is 6.07 Å². The fraction of sp³-hybridized carbons (Fsp3) is 0.391. The number of hydrogen-bond donors (Lipinski definition) is 3. The Morgan fingerprint density at radius 2 is 1.80 bits per heavy atom. The van der Waals surface area contributed by atoms with E-state index in [4.69, 9.17) is 11.6 Å². The number of halogens is 1. The third kappa shape index (κ3) is 5.74. The SMILES string of the molecule is CC(C)c1ccccc1NC(=O)CN1CCC(C(=O)Nc2cc(Cl)ccc2O)CC1. The van der Waals surface area contributed by atoms with Gasteiger partial charge < -0.3 is 15.7 Å². The third-order valence-corrected chi connectivity index (χ3v) is 5.63. The zero-order chi connectivity index (χ0) is 21.7. The molecule has 1 heterocycles. The van der Waals surface area contributed by atoms with Crippen molar-refractivity contribution in [1.82, 2.24) is 4.90 Å². The van der Waals surface area contributed by atoms with Gasteiger partial charge in [0.15, 0.2) is 0 Å². The van der Waals surface area contributed by atoms with E-state index in [0.29, 0.717) is 49.1 Å². The van der Waals surface area contributed by atoms with E-state index in [1.165, 1.54) is 12.1 Å². The summed E-state index contributed by atoms with van der Waals surface area (Å²) in [5.74, 6) is -0.0278. The van der Waals surface area contributed by atoms with Crippen LogP contribution in [0.4, 0.5) is 11.4 Å². The highest BCUT2D eigenvalue weighted by Crippen LogP contribution is 2.28. The van der Waals surface area contributed by atoms with Crippen molar-refractivity contribution in [2.75, 3.05) is 30.3 Å². The molecular formula is C23H28ClN3O3. The Morgan fingerprint density at radius 1 is 1.10 bits per heavy atom. The molecule has 0 unspecified atom stereocenters. The molecule has 1 saturated heterocycles. The molecule has 0 atom stereocenters. The van der Waals surface area contributed by atoms with Gasteiger partial charge in [-0.3, -0.25) is 14.5 Å². The summed E-state index contributed by atoms with van der Waals surface area (Å²) in [6, 6.07) is 12.4. The number of amides is 2. The molecule has 3 rings (SSSR count). The van der Waals surface area contributed by atoms with Gasteiger partial charge in [-0.1, -0.05) is 43.6 Å². The standard InChI is InChI=1S/C23H28ClN3O3/c1-15(2)18-5-3-4-6-19(18)25-22(29)14-27-11-9-16(10-12-27)23(30)26-20-13-17(24)7-8-21(20)28/h3-8,13,15-16,28H,9-12,14H2,1-2H3,(H,25,29)(H,26,30). The van der Waals surface area contributed by atoms with Crippen molar-refractivity contribution in [3.8, 4) is 5.75 Å². The lowest BCUT2D eigenvalue weighted by molar-refractivity contribution is -0.121. The molecule has 2 aromatic carbocycles. The number of phenols is 1. The Bertz CT molecular complexity index is 908. The quantitative estimate of drug-likeness (QED) is 0.592. The van der Waals surface area contributed by atoms with Crippen LogP contribution >= 0.6 is 11.6 Å². The molecule has 0 aliphatic carbocycles. The second kappa shape index (κ2) is 9.96. The van der Waals surface area contributed by atoms with Crippen LogP contribution < -0.4 is 10.6 Å². The fourth-order valence-corrected chi connectivity index (χ4v) is 3.88. The number of carbonyl (C=O) groups excluding carboxylic acids is 2. The van der Waals surface area contributed by atoms with E-state index in [1.807, 2.05) is 24.3 Å². The Kier molecular flexibility index (Phi) is 7.34. The lowest BCUT2D eigenvalue weighted by Gasteiger charge is -2.30. The van der Waals surface area contributed by atoms with Crippen molar-refractivity contribution in [3.63, 3.8) is 0 Å². The van der Waals surface area contributed by atoms with E-state index < -0.39 is 0 Å². The van der Waals surface area contributed by atoms with Crippen LogP contribution in [0, 0.1) is 5.92 Å². The molecule has 0 bridgehead atoms. The maximum absolute atomic E-state index is 12.5. The average Bonchev–Trinajstić information content (AvgIpc) is 2.71. The van der Waals surface area contributed by atoms with Crippen LogP contribution in [0.5, 0.6) is 5.75 Å². The number of aromatic hydroxyl groups is 1. The van der Waals surface area contributed by atoms with Crippen LogP contribution in [0.3, 0.4) is 0 Å². The van der Waals surface area contributed by atoms with Gasteiger partial charge in [0, 0.05) is 16.6 Å². The van der Waals surface area contributed by atoms with Gasteiger partial charge in [0.2, 0.25) is 11.8 Å². The molecule has 6 nitrogen and oxygen atoms in total. The first-order valence-corrected chi connectivity index (χ1v) is 10.6. The van der Waals surface area contributed by atoms with Gasteiger partial charge in [-0.05, 0) is 61.7 Å². The number of nitrogens with one attached hydrogen (secondary N) is 2. The number of anilines is 2. The maximum Gasteiger partial charge on any atom is 0.238 e. The monoisotopic (exact) mass is 429 g/mol. The van der Waals surface area contributed by atoms with Crippen LogP contribution in [-0.4, -0.2) is 41.5 Å². The lowest BCUT2D eigenvalue weighted by Crippen LogP contribution is -2.41. The topological polar surface area (TPSA) is 81.7 Å². The first-order valence-electron chi connectivity index (χ1n) is 10.2. The van der Waals surface area contributed by atoms with Crippen molar-refractivity contribution in [2.45, 2.75) is 32.6 Å². The van der Waals surface area contributed by atoms with Crippen molar-refractivity contribution >= 4 is 34.8 Å². The molecule has 2 amide bonds. The molecule has 160 valence electrons. The molecule has 7 heteroatoms. The summed E-state index contributed by atoms with van der Waals surface area (Å²) in [5.41, 5.74) is 2.29. The minimum atomic E-state index is -0.163. The van der Waals surface area contributed by atoms with Crippen molar-refractivity contribution < 1.29 is 14.7 Å². The summed E-state index contributed by atoms with van der Waals surface area (Å²) in [7, 11) is 0. The summed E-state index contributed by atoms with van der Waals surface area (Å²) in [5, 5.41) is 16.1. The minimum Gasteiger partial charge on any atom is -0.506 e. The van der Waals surface area contributed by atoms with Gasteiger partial charge in [0.1, 0.15) is 5.75 Å². The number of benzene rings is 2. The second-order valence-electron chi connectivity index (χ2n) is 7.99. The van der Waals surface area contributed by atoms with Crippen LogP contribution in [-0.2, 0) is 9.59 Å². The van der Waals surface area contributed by atoms with Gasteiger partial charge in [0.25, 0.3) is 0 Å². The van der Waals surface area contributed by atoms with Crippen LogP contribution in [0.15, 0.2) is 42.5 Å². The normalized spacial score (nSPS) is 15.2. The molecule has 0 spiro atoms. The maximum atomic E-state index is 12.5. The Balaban J connectivity index is 1.49. The van der Waals surface area contributed by atoms with Gasteiger partial charge in [-0.2, -0.15) is 0 Å². The molecule has 1 aliphatic heterocycles. The Hall–Kier alpha value is -2.57. The number of para-hydroxylation sites is 1. The highest BCUT2D eigenvalue weighted by molar-refractivity contribution is 6.31. The molecule has 30 heavy (non-hydrogen) atoms. The molecule has 1 fully saturated rings. The zero-order valence-corrected chi connectivity index (χ0v) is 18.1. The highest BCUT2D eigenvalue weighted by atomic mass is 35.5. The molecule has 1 aliphatic rings. The molecule has 2 aromatic rings. The summed E-state index contributed by atoms with van der Waals surface area (Å²) in [6.07, 6.45) is 1.31. The third-order valence-electron chi connectivity index (χ3n) is 5.40. The van der Waals surface area contributed by atoms with Crippen molar-refractivity contribution in [2.24, 2.45) is 5.92 Å². The summed E-state index contributed by atoms with van der Waals surface area (Å²) >= 11 is 5.93. The Morgan fingerprint density at radius 3 is 2.50 bits per heavy atom. The number of piperidine rings is 1. The van der Waals surface area contributed by atoms with E-state index in [2.05, 4.69) is 29.4 Å². The largest absolute Gasteiger partial charge is 0.506 e. The van der Waals surface area contributed by atoms with Crippen LogP contribution in [0.25, 0.3) is 0 Å². The number of likely N-dealkylation sites (tertiary alicyclic amines) is 1. The van der Waals surface area contributed by atoms with E-state index in [9.17, 15) is 14.7 Å². The zero-order valence-electron chi connectivity index (χ0n) is 17.3. The number of rotatable bonds is 6. The predicted octanol–water partition coefficient (Wildman–Crippen LogP) is 4.46. The molecule has 3 N–H and O–H groups in total. The van der Waals surface area contributed by atoms with E-state index >= 15 is 0 Å². The number of carbonyl (C=O) groups is 2.